The van der Waals surface area contributed by atoms with Crippen LogP contribution in [0, 0.1) is 16.7 Å². The molecular formula is C40H59N9O6. The number of carbonyl (C=O) groups is 5. The van der Waals surface area contributed by atoms with Gasteiger partial charge in [-0.25, -0.2) is 4.79 Å². The summed E-state index contributed by atoms with van der Waals surface area (Å²) >= 11 is 0. The maximum atomic E-state index is 14.0. The quantitative estimate of drug-likeness (QED) is 0.0484. The van der Waals surface area contributed by atoms with Crippen molar-refractivity contribution in [2.45, 2.75) is 114 Å². The molecule has 0 aromatic heterocycles. The van der Waals surface area contributed by atoms with E-state index in [1.54, 1.807) is 0 Å². The van der Waals surface area contributed by atoms with Crippen LogP contribution in [0.5, 0.6) is 0 Å². The number of carbonyl (C=O) groups excluding carboxylic acids is 5. The number of amides is 5. The third kappa shape index (κ3) is 14.5. The lowest BCUT2D eigenvalue weighted by molar-refractivity contribution is -0.134. The zero-order valence-corrected chi connectivity index (χ0v) is 31.7. The molecule has 5 rings (SSSR count). The van der Waals surface area contributed by atoms with Crippen molar-refractivity contribution in [1.82, 2.24) is 26.6 Å². The molecule has 3 aliphatic rings. The first-order chi connectivity index (χ1) is 26.4. The van der Waals surface area contributed by atoms with Gasteiger partial charge in [-0.15, -0.1) is 0 Å². The van der Waals surface area contributed by atoms with Crippen molar-refractivity contribution in [1.29, 1.82) is 5.41 Å². The summed E-state index contributed by atoms with van der Waals surface area (Å²) in [5, 5.41) is 21.4. The Hall–Kier alpha value is -5.18. The minimum atomic E-state index is -1.03. The zero-order valence-electron chi connectivity index (χ0n) is 31.7. The lowest BCUT2D eigenvalue weighted by atomic mass is 9.58. The van der Waals surface area contributed by atoms with Crippen molar-refractivity contribution in [3.8, 4) is 0 Å². The molecule has 5 amide bonds. The van der Waals surface area contributed by atoms with Crippen LogP contribution in [-0.2, 0) is 36.9 Å². The van der Waals surface area contributed by atoms with E-state index < -0.39 is 53.9 Å². The summed E-state index contributed by atoms with van der Waals surface area (Å²) in [6.45, 7) is 0.747. The number of nitrogens with two attached hydrogens (primary N) is 3. The second kappa shape index (κ2) is 21.6. The Bertz CT molecular complexity index is 1560. The smallest absolute Gasteiger partial charge is 0.407 e. The van der Waals surface area contributed by atoms with Crippen LogP contribution < -0.4 is 43.8 Å². The van der Waals surface area contributed by atoms with Gasteiger partial charge in [-0.3, -0.25) is 24.6 Å². The van der Waals surface area contributed by atoms with E-state index in [9.17, 15) is 24.0 Å². The molecule has 3 saturated carbocycles. The summed E-state index contributed by atoms with van der Waals surface area (Å²) in [4.78, 5) is 66.0. The van der Waals surface area contributed by atoms with Crippen molar-refractivity contribution in [3.63, 3.8) is 0 Å². The fourth-order valence-corrected chi connectivity index (χ4v) is 7.59. The number of nitrogens with one attached hydrogen (secondary N) is 6. The highest BCUT2D eigenvalue weighted by atomic mass is 16.5. The van der Waals surface area contributed by atoms with Gasteiger partial charge < -0.3 is 48.5 Å². The lowest BCUT2D eigenvalue weighted by Gasteiger charge is -2.48. The van der Waals surface area contributed by atoms with Crippen LogP contribution in [0.25, 0.3) is 0 Å². The topological polar surface area (TPSA) is 257 Å². The Morgan fingerprint density at radius 1 is 0.709 bits per heavy atom. The highest BCUT2D eigenvalue weighted by Gasteiger charge is 2.44. The lowest BCUT2D eigenvalue weighted by Crippen LogP contribution is -2.59. The van der Waals surface area contributed by atoms with Crippen molar-refractivity contribution in [2.24, 2.45) is 28.5 Å². The fourth-order valence-electron chi connectivity index (χ4n) is 7.59. The van der Waals surface area contributed by atoms with Crippen molar-refractivity contribution in [2.75, 3.05) is 13.1 Å². The Labute approximate surface area is 323 Å². The molecule has 0 aliphatic heterocycles. The van der Waals surface area contributed by atoms with Gasteiger partial charge >= 0.3 is 6.09 Å². The summed E-state index contributed by atoms with van der Waals surface area (Å²) in [7, 11) is 0. The molecule has 300 valence electrons. The molecule has 2 aromatic carbocycles. The minimum absolute atomic E-state index is 0.130. The number of unbranched alkanes of at least 4 members (excludes halogenated alkanes) is 1. The predicted octanol–water partition coefficient (Wildman–Crippen LogP) is 2.22. The molecule has 15 heteroatoms. The molecule has 0 unspecified atom stereocenters. The Morgan fingerprint density at radius 2 is 1.25 bits per heavy atom. The molecule has 0 heterocycles. The molecule has 12 N–H and O–H groups in total. The molecule has 3 fully saturated rings. The van der Waals surface area contributed by atoms with Gasteiger partial charge in [0.15, 0.2) is 5.96 Å². The van der Waals surface area contributed by atoms with Crippen molar-refractivity contribution >= 4 is 35.7 Å². The molecule has 3 aliphatic carbocycles. The van der Waals surface area contributed by atoms with E-state index in [1.807, 2.05) is 60.7 Å². The third-order valence-electron chi connectivity index (χ3n) is 10.8. The normalized spacial score (nSPS) is 19.5. The number of guanidine groups is 1. The fraction of sp³-hybridized carbons (Fsp3) is 0.550. The van der Waals surface area contributed by atoms with Gasteiger partial charge in [0.05, 0.1) is 6.04 Å². The number of hydrogen-bond acceptors (Lipinski definition) is 8. The van der Waals surface area contributed by atoms with Crippen molar-refractivity contribution in [3.05, 3.63) is 71.8 Å². The van der Waals surface area contributed by atoms with Gasteiger partial charge in [-0.1, -0.05) is 60.7 Å². The number of alkyl carbamates (subject to hydrolysis) is 1. The second-order valence-electron chi connectivity index (χ2n) is 15.0. The zero-order chi connectivity index (χ0) is 39.6. The molecule has 0 spiro atoms. The van der Waals surface area contributed by atoms with Gasteiger partial charge in [0.1, 0.15) is 24.7 Å². The van der Waals surface area contributed by atoms with Crippen LogP contribution >= 0.6 is 0 Å². The van der Waals surface area contributed by atoms with E-state index in [0.29, 0.717) is 44.7 Å². The average Bonchev–Trinajstić information content (AvgIpc) is 3.18. The van der Waals surface area contributed by atoms with E-state index in [1.165, 1.54) is 0 Å². The first kappa shape index (κ1) is 42.6. The summed E-state index contributed by atoms with van der Waals surface area (Å²) in [6.07, 6.45) is 7.95. The number of fused-ring (bicyclic) bond motifs is 3. The largest absolute Gasteiger partial charge is 0.445 e. The number of ether oxygens (including phenoxy) is 1. The number of hydrogen-bond donors (Lipinski definition) is 9. The molecular weight excluding hydrogens is 702 g/mol. The minimum Gasteiger partial charge on any atom is -0.445 e. The molecule has 55 heavy (non-hydrogen) atoms. The number of benzene rings is 2. The van der Waals surface area contributed by atoms with Crippen LogP contribution in [0.3, 0.4) is 0 Å². The van der Waals surface area contributed by atoms with Crippen LogP contribution in [0.2, 0.25) is 0 Å². The van der Waals surface area contributed by atoms with Crippen LogP contribution in [0.4, 0.5) is 4.79 Å². The SMILES string of the molecule is N=C(N)NCCC[C@H](NC(=O)[C@@H](N)Cc1ccccc1)C(=O)N[C@@H](CC12CCC(CC1)CC2)C(=O)N[C@@H](CCCCNC(=O)OCc1ccccc1)C(N)=O. The molecule has 2 bridgehead atoms. The molecule has 4 atom stereocenters. The van der Waals surface area contributed by atoms with E-state index in [-0.39, 0.29) is 37.2 Å². The summed E-state index contributed by atoms with van der Waals surface area (Å²) < 4.78 is 5.24. The standard InChI is InChI=1S/C40H59N9O6/c41-30(24-28-10-3-1-4-11-28)35(51)48-32(15-9-23-45-38(43)44)36(52)49-33(25-40-19-16-27(17-20-40)18-21-40)37(53)47-31(34(42)50)14-7-8-22-46-39(54)55-26-29-12-5-2-6-13-29/h1-6,10-13,27,30-33H,7-9,14-26,41H2,(H2,42,50)(H,46,54)(H,47,53)(H,48,51)(H,49,52)(H4,43,44,45)/t27?,30-,31-,32-,33-,40?/m0/s1. The van der Waals surface area contributed by atoms with Gasteiger partial charge in [-0.05, 0) is 106 Å². The van der Waals surface area contributed by atoms with Crippen LogP contribution in [0.1, 0.15) is 88.2 Å². The summed E-state index contributed by atoms with van der Waals surface area (Å²) in [5.74, 6) is -1.82. The Kier molecular flexibility index (Phi) is 16.7. The number of rotatable bonds is 22. The van der Waals surface area contributed by atoms with E-state index in [2.05, 4.69) is 26.6 Å². The van der Waals surface area contributed by atoms with Crippen molar-refractivity contribution < 1.29 is 28.7 Å². The Balaban J connectivity index is 1.38. The summed E-state index contributed by atoms with van der Waals surface area (Å²) in [5.41, 5.74) is 19.1. The van der Waals surface area contributed by atoms with E-state index in [4.69, 9.17) is 27.3 Å². The highest BCUT2D eigenvalue weighted by molar-refractivity contribution is 5.94. The molecule has 0 radical (unpaired) electrons. The van der Waals surface area contributed by atoms with Gasteiger partial charge in [0.25, 0.3) is 0 Å². The first-order valence-electron chi connectivity index (χ1n) is 19.5. The average molecular weight is 762 g/mol. The molecule has 2 aromatic rings. The van der Waals surface area contributed by atoms with Gasteiger partial charge in [0, 0.05) is 13.1 Å². The van der Waals surface area contributed by atoms with Gasteiger partial charge in [-0.2, -0.15) is 0 Å². The monoisotopic (exact) mass is 761 g/mol. The van der Waals surface area contributed by atoms with E-state index in [0.717, 1.165) is 49.7 Å². The maximum Gasteiger partial charge on any atom is 0.407 e. The first-order valence-corrected chi connectivity index (χ1v) is 19.5. The highest BCUT2D eigenvalue weighted by Crippen LogP contribution is 2.52. The van der Waals surface area contributed by atoms with Crippen LogP contribution in [-0.4, -0.2) is 72.9 Å². The maximum absolute atomic E-state index is 14.0. The van der Waals surface area contributed by atoms with E-state index >= 15 is 0 Å². The molecule has 15 nitrogen and oxygen atoms in total. The molecule has 0 saturated heterocycles. The Morgan fingerprint density at radius 3 is 1.87 bits per heavy atom. The summed E-state index contributed by atoms with van der Waals surface area (Å²) in [6, 6.07) is 14.7. The second-order valence-corrected chi connectivity index (χ2v) is 15.0. The van der Waals surface area contributed by atoms with Crippen LogP contribution in [0.15, 0.2) is 60.7 Å². The number of primary amides is 1. The van der Waals surface area contributed by atoms with Gasteiger partial charge in [0.2, 0.25) is 23.6 Å². The third-order valence-corrected chi connectivity index (χ3v) is 10.8. The predicted molar refractivity (Wildman–Crippen MR) is 209 cm³/mol.